The number of ether oxygens (including phenoxy) is 2. The fourth-order valence-electron chi connectivity index (χ4n) is 2.27. The number of carbonyl (C=O) groups excluding carboxylic acids is 2. The molecule has 0 saturated heterocycles. The van der Waals surface area contributed by atoms with Crippen molar-refractivity contribution in [3.63, 3.8) is 0 Å². The van der Waals surface area contributed by atoms with Crippen LogP contribution in [0.4, 0.5) is 0 Å². The number of nitrogens with one attached hydrogen (secondary N) is 2. The Hall–Kier alpha value is -2.87. The minimum atomic E-state index is -0.453. The first-order valence-corrected chi connectivity index (χ1v) is 9.50. The van der Waals surface area contributed by atoms with Crippen molar-refractivity contribution in [1.82, 2.24) is 10.7 Å². The van der Waals surface area contributed by atoms with Crippen molar-refractivity contribution < 1.29 is 19.1 Å². The van der Waals surface area contributed by atoms with Crippen LogP contribution < -0.4 is 20.2 Å². The highest BCUT2D eigenvalue weighted by atomic mass is 79.9. The molecule has 0 heterocycles. The molecule has 0 saturated carbocycles. The van der Waals surface area contributed by atoms with Gasteiger partial charge in [0.15, 0.2) is 0 Å². The third-order valence-corrected chi connectivity index (χ3v) is 4.08. The Morgan fingerprint density at radius 2 is 1.96 bits per heavy atom. The van der Waals surface area contributed by atoms with Crippen molar-refractivity contribution in [1.29, 1.82) is 0 Å². The predicted molar refractivity (Wildman–Crippen MR) is 111 cm³/mol. The van der Waals surface area contributed by atoms with Crippen LogP contribution in [0.5, 0.6) is 11.5 Å². The van der Waals surface area contributed by atoms with E-state index in [1.807, 2.05) is 25.1 Å². The number of methoxy groups -OCH3 is 1. The van der Waals surface area contributed by atoms with Crippen LogP contribution in [0, 0.1) is 0 Å². The topological polar surface area (TPSA) is 89.0 Å². The lowest BCUT2D eigenvalue weighted by Crippen LogP contribution is -2.35. The molecule has 2 aromatic carbocycles. The van der Waals surface area contributed by atoms with E-state index >= 15 is 0 Å². The third-order valence-electron chi connectivity index (χ3n) is 3.59. The number of hydrazone groups is 1. The van der Waals surface area contributed by atoms with E-state index in [0.29, 0.717) is 23.7 Å². The van der Waals surface area contributed by atoms with Gasteiger partial charge in [0.05, 0.1) is 32.0 Å². The molecule has 0 bridgehead atoms. The van der Waals surface area contributed by atoms with Crippen LogP contribution in [-0.2, 0) is 4.79 Å². The van der Waals surface area contributed by atoms with Gasteiger partial charge in [0.25, 0.3) is 11.8 Å². The maximum atomic E-state index is 12.2. The molecule has 28 heavy (non-hydrogen) atoms. The molecule has 0 radical (unpaired) electrons. The van der Waals surface area contributed by atoms with Gasteiger partial charge >= 0.3 is 0 Å². The molecule has 0 unspecified atom stereocenters. The highest BCUT2D eigenvalue weighted by Gasteiger charge is 2.12. The lowest BCUT2D eigenvalue weighted by atomic mass is 10.2. The fraction of sp³-hybridized carbons (Fsp3) is 0.250. The van der Waals surface area contributed by atoms with Gasteiger partial charge in [0, 0.05) is 10.0 Å². The summed E-state index contributed by atoms with van der Waals surface area (Å²) in [6.45, 7) is 2.39. The second-order valence-corrected chi connectivity index (χ2v) is 6.62. The van der Waals surface area contributed by atoms with Gasteiger partial charge in [0.2, 0.25) is 0 Å². The Kier molecular flexibility index (Phi) is 8.48. The summed E-state index contributed by atoms with van der Waals surface area (Å²) in [6, 6.07) is 12.3. The quantitative estimate of drug-likeness (QED) is 0.456. The fourth-order valence-corrected chi connectivity index (χ4v) is 2.64. The Balaban J connectivity index is 1.90. The van der Waals surface area contributed by atoms with Crippen molar-refractivity contribution in [2.75, 3.05) is 20.3 Å². The molecular formula is C20H22BrN3O4. The van der Waals surface area contributed by atoms with Crippen LogP contribution in [-0.4, -0.2) is 38.3 Å². The molecule has 2 N–H and O–H groups in total. The summed E-state index contributed by atoms with van der Waals surface area (Å²) < 4.78 is 11.7. The zero-order valence-corrected chi connectivity index (χ0v) is 17.3. The summed E-state index contributed by atoms with van der Waals surface area (Å²) in [5.74, 6) is 0.254. The minimum absolute atomic E-state index is 0.216. The average molecular weight is 448 g/mol. The molecule has 2 rings (SSSR count). The van der Waals surface area contributed by atoms with E-state index in [2.05, 4.69) is 31.8 Å². The Morgan fingerprint density at radius 3 is 2.71 bits per heavy atom. The number of amides is 2. The summed E-state index contributed by atoms with van der Waals surface area (Å²) in [6.07, 6.45) is 2.38. The van der Waals surface area contributed by atoms with E-state index in [4.69, 9.17) is 9.47 Å². The van der Waals surface area contributed by atoms with Crippen molar-refractivity contribution >= 4 is 34.0 Å². The molecule has 0 atom stereocenters. The van der Waals surface area contributed by atoms with E-state index in [0.717, 1.165) is 16.5 Å². The zero-order valence-electron chi connectivity index (χ0n) is 15.7. The highest BCUT2D eigenvalue weighted by Crippen LogP contribution is 2.22. The molecule has 7 nitrogen and oxygen atoms in total. The number of hydrogen-bond donors (Lipinski definition) is 2. The monoisotopic (exact) mass is 447 g/mol. The number of halogens is 1. The normalized spacial score (nSPS) is 10.5. The molecule has 148 valence electrons. The second-order valence-electron chi connectivity index (χ2n) is 5.71. The van der Waals surface area contributed by atoms with Crippen LogP contribution >= 0.6 is 15.9 Å². The number of para-hydroxylation sites is 1. The summed E-state index contributed by atoms with van der Waals surface area (Å²) in [7, 11) is 1.48. The smallest absolute Gasteiger partial charge is 0.259 e. The highest BCUT2D eigenvalue weighted by molar-refractivity contribution is 9.10. The Bertz CT molecular complexity index is 855. The van der Waals surface area contributed by atoms with Gasteiger partial charge in [-0.25, -0.2) is 5.43 Å². The van der Waals surface area contributed by atoms with Gasteiger partial charge < -0.3 is 14.8 Å². The molecule has 2 amide bonds. The molecule has 0 aliphatic carbocycles. The predicted octanol–water partition coefficient (Wildman–Crippen LogP) is 3.13. The average Bonchev–Trinajstić information content (AvgIpc) is 2.71. The first-order valence-electron chi connectivity index (χ1n) is 8.70. The van der Waals surface area contributed by atoms with Crippen LogP contribution in [0.25, 0.3) is 0 Å². The van der Waals surface area contributed by atoms with Gasteiger partial charge in [-0.05, 0) is 36.8 Å². The molecule has 0 aliphatic heterocycles. The van der Waals surface area contributed by atoms with E-state index in [1.165, 1.54) is 13.3 Å². The van der Waals surface area contributed by atoms with Crippen molar-refractivity contribution in [3.8, 4) is 11.5 Å². The van der Waals surface area contributed by atoms with Crippen LogP contribution in [0.2, 0.25) is 0 Å². The minimum Gasteiger partial charge on any atom is -0.496 e. The number of carbonyl (C=O) groups is 2. The summed E-state index contributed by atoms with van der Waals surface area (Å²) in [5, 5.41) is 6.47. The van der Waals surface area contributed by atoms with Gasteiger partial charge in [-0.2, -0.15) is 5.10 Å². The van der Waals surface area contributed by atoms with Gasteiger partial charge in [-0.3, -0.25) is 9.59 Å². The van der Waals surface area contributed by atoms with Crippen molar-refractivity contribution in [2.45, 2.75) is 13.3 Å². The first kappa shape index (κ1) is 21.4. The van der Waals surface area contributed by atoms with E-state index in [-0.39, 0.29) is 6.54 Å². The molecule has 0 spiro atoms. The number of rotatable bonds is 9. The van der Waals surface area contributed by atoms with Crippen LogP contribution in [0.1, 0.15) is 29.3 Å². The van der Waals surface area contributed by atoms with E-state index < -0.39 is 11.8 Å². The van der Waals surface area contributed by atoms with E-state index in [1.54, 1.807) is 24.3 Å². The molecule has 0 aromatic heterocycles. The second kappa shape index (κ2) is 11.1. The number of nitrogens with zero attached hydrogens (tertiary/aromatic N) is 1. The SMILES string of the molecule is CCCOc1ccc(Br)cc1C=NNC(=O)CNC(=O)c1ccccc1OC. The number of benzene rings is 2. The maximum absolute atomic E-state index is 12.2. The standard InChI is InChI=1S/C20H22BrN3O4/c1-3-10-28-17-9-8-15(21)11-14(17)12-23-24-19(25)13-22-20(26)16-6-4-5-7-18(16)27-2/h4-9,11-12H,3,10,13H2,1-2H3,(H,22,26)(H,24,25). The van der Waals surface area contributed by atoms with E-state index in [9.17, 15) is 9.59 Å². The lowest BCUT2D eigenvalue weighted by Gasteiger charge is -2.09. The Morgan fingerprint density at radius 1 is 1.18 bits per heavy atom. The molecular weight excluding hydrogens is 426 g/mol. The zero-order chi connectivity index (χ0) is 20.4. The molecule has 2 aromatic rings. The van der Waals surface area contributed by atoms with Crippen LogP contribution in [0.15, 0.2) is 52.0 Å². The molecule has 0 aliphatic rings. The Labute approximate surface area is 172 Å². The molecule has 8 heteroatoms. The van der Waals surface area contributed by atoms with Crippen LogP contribution in [0.3, 0.4) is 0 Å². The first-order chi connectivity index (χ1) is 13.5. The summed E-state index contributed by atoms with van der Waals surface area (Å²) in [4.78, 5) is 24.1. The van der Waals surface area contributed by atoms with Crippen molar-refractivity contribution in [2.24, 2.45) is 5.10 Å². The maximum Gasteiger partial charge on any atom is 0.259 e. The number of hydrogen-bond acceptors (Lipinski definition) is 5. The van der Waals surface area contributed by atoms with Gasteiger partial charge in [-0.1, -0.05) is 35.0 Å². The molecule has 0 fully saturated rings. The van der Waals surface area contributed by atoms with Crippen molar-refractivity contribution in [3.05, 3.63) is 58.1 Å². The van der Waals surface area contributed by atoms with Gasteiger partial charge in [-0.15, -0.1) is 0 Å². The summed E-state index contributed by atoms with van der Waals surface area (Å²) in [5.41, 5.74) is 3.46. The van der Waals surface area contributed by atoms with Gasteiger partial charge in [0.1, 0.15) is 11.5 Å². The largest absolute Gasteiger partial charge is 0.496 e. The summed E-state index contributed by atoms with van der Waals surface area (Å²) >= 11 is 3.40. The lowest BCUT2D eigenvalue weighted by molar-refractivity contribution is -0.120. The third kappa shape index (κ3) is 6.38.